The van der Waals surface area contributed by atoms with E-state index < -0.39 is 36.9 Å². The van der Waals surface area contributed by atoms with Crippen LogP contribution >= 0.6 is 0 Å². The van der Waals surface area contributed by atoms with Crippen molar-refractivity contribution in [2.75, 3.05) is 6.61 Å². The number of hydrogen-bond acceptors (Lipinski definition) is 6. The minimum absolute atomic E-state index is 0.296. The van der Waals surface area contributed by atoms with Gasteiger partial charge in [-0.25, -0.2) is 0 Å². The first kappa shape index (κ1) is 39.7. The number of hydrogen-bond donors (Lipinski definition) is 5. The Bertz CT molecular complexity index is 614. The molecule has 242 valence electrons. The summed E-state index contributed by atoms with van der Waals surface area (Å²) in [6, 6.07) is -1.37. The van der Waals surface area contributed by atoms with E-state index in [1.807, 2.05) is 0 Å². The molecule has 7 nitrogen and oxygen atoms in total. The minimum atomic E-state index is -1.74. The number of aliphatic hydroxyl groups is 4. The van der Waals surface area contributed by atoms with E-state index >= 15 is 0 Å². The molecule has 0 saturated heterocycles. The van der Waals surface area contributed by atoms with Crippen molar-refractivity contribution in [1.82, 2.24) is 5.32 Å². The number of rotatable bonds is 31. The zero-order valence-electron chi connectivity index (χ0n) is 26.3. The van der Waals surface area contributed by atoms with Gasteiger partial charge in [-0.05, 0) is 18.9 Å². The quantitative estimate of drug-likeness (QED) is 0.0352. The van der Waals surface area contributed by atoms with Gasteiger partial charge in [0.15, 0.2) is 0 Å². The van der Waals surface area contributed by atoms with E-state index in [0.717, 1.165) is 19.3 Å². The highest BCUT2D eigenvalue weighted by Gasteiger charge is 2.31. The van der Waals surface area contributed by atoms with Gasteiger partial charge in [0.05, 0.1) is 6.61 Å². The highest BCUT2D eigenvalue weighted by Crippen LogP contribution is 2.15. The van der Waals surface area contributed by atoms with Gasteiger partial charge >= 0.3 is 0 Å². The lowest BCUT2D eigenvalue weighted by atomic mass is 10.0. The van der Waals surface area contributed by atoms with Crippen LogP contribution in [0.3, 0.4) is 0 Å². The van der Waals surface area contributed by atoms with Crippen molar-refractivity contribution in [2.45, 2.75) is 185 Å². The zero-order valence-corrected chi connectivity index (χ0v) is 26.3. The lowest BCUT2D eigenvalue weighted by Gasteiger charge is -2.25. The van der Waals surface area contributed by atoms with Gasteiger partial charge in [0.25, 0.3) is 0 Å². The molecule has 0 aromatic rings. The molecule has 0 fully saturated rings. The molecule has 0 bridgehead atoms. The van der Waals surface area contributed by atoms with E-state index in [4.69, 9.17) is 5.11 Å². The first-order valence-corrected chi connectivity index (χ1v) is 17.0. The standard InChI is InChI=1S/C34H65NO6/c1-2-3-4-5-6-7-8-9-10-11-12-13-14-15-16-17-18-19-20-21-22-23-24-25-26-27-32(39)35-30(28-36)33(40)34(41)31(38)29-37/h26-28,30-31,33-34,37-38,40-41H,2-25,29H2,1H3,(H,35,39)/t30-,31+,33+,34+/m0/s1. The summed E-state index contributed by atoms with van der Waals surface area (Å²) in [6.07, 6.45) is 30.2. The third kappa shape index (κ3) is 25.0. The first-order chi connectivity index (χ1) is 20.0. The molecule has 0 radical (unpaired) electrons. The molecule has 0 unspecified atom stereocenters. The second-order valence-corrected chi connectivity index (χ2v) is 11.9. The van der Waals surface area contributed by atoms with Crippen molar-refractivity contribution in [3.63, 3.8) is 0 Å². The van der Waals surface area contributed by atoms with E-state index in [-0.39, 0.29) is 0 Å². The topological polar surface area (TPSA) is 127 Å². The molecule has 0 aromatic heterocycles. The fourth-order valence-corrected chi connectivity index (χ4v) is 5.20. The average molecular weight is 584 g/mol. The molecule has 41 heavy (non-hydrogen) atoms. The number of amides is 1. The van der Waals surface area contributed by atoms with E-state index in [0.29, 0.717) is 6.29 Å². The Kier molecular flexibility index (Phi) is 29.2. The van der Waals surface area contributed by atoms with Crippen molar-refractivity contribution in [3.8, 4) is 0 Å². The third-order valence-corrected chi connectivity index (χ3v) is 8.00. The Hall–Kier alpha value is -1.28. The molecule has 5 N–H and O–H groups in total. The van der Waals surface area contributed by atoms with Gasteiger partial charge < -0.3 is 30.5 Å². The Morgan fingerprint density at radius 1 is 0.610 bits per heavy atom. The fourth-order valence-electron chi connectivity index (χ4n) is 5.20. The molecule has 0 aliphatic rings. The largest absolute Gasteiger partial charge is 0.394 e. The molecule has 0 aliphatic carbocycles. The van der Waals surface area contributed by atoms with E-state index in [1.165, 1.54) is 141 Å². The second kappa shape index (κ2) is 30.2. The molecule has 0 spiro atoms. The molecule has 7 heteroatoms. The highest BCUT2D eigenvalue weighted by atomic mass is 16.4. The van der Waals surface area contributed by atoms with Crippen molar-refractivity contribution in [3.05, 3.63) is 12.2 Å². The van der Waals surface area contributed by atoms with Crippen LogP contribution in [0.2, 0.25) is 0 Å². The maximum atomic E-state index is 11.9. The molecular formula is C34H65NO6. The molecule has 0 heterocycles. The number of allylic oxidation sites excluding steroid dienone is 1. The van der Waals surface area contributed by atoms with Crippen LogP contribution < -0.4 is 5.32 Å². The second-order valence-electron chi connectivity index (χ2n) is 11.9. The summed E-state index contributed by atoms with van der Waals surface area (Å²) >= 11 is 0. The summed E-state index contributed by atoms with van der Waals surface area (Å²) in [6.45, 7) is 1.51. The number of aldehydes is 1. The van der Waals surface area contributed by atoms with Crippen LogP contribution in [-0.4, -0.2) is 63.6 Å². The lowest BCUT2D eigenvalue weighted by Crippen LogP contribution is -2.53. The predicted octanol–water partition coefficient (Wildman–Crippen LogP) is 6.68. The third-order valence-electron chi connectivity index (χ3n) is 8.00. The normalized spacial score (nSPS) is 14.7. The Morgan fingerprint density at radius 3 is 1.32 bits per heavy atom. The van der Waals surface area contributed by atoms with Gasteiger partial charge in [-0.3, -0.25) is 4.79 Å². The van der Waals surface area contributed by atoms with Gasteiger partial charge in [0.2, 0.25) is 5.91 Å². The average Bonchev–Trinajstić information content (AvgIpc) is 2.98. The van der Waals surface area contributed by atoms with Gasteiger partial charge in [-0.15, -0.1) is 0 Å². The van der Waals surface area contributed by atoms with Crippen molar-refractivity contribution in [1.29, 1.82) is 0 Å². The highest BCUT2D eigenvalue weighted by molar-refractivity contribution is 5.89. The summed E-state index contributed by atoms with van der Waals surface area (Å²) in [5, 5.41) is 40.1. The molecule has 0 aliphatic heterocycles. The molecule has 1 amide bonds. The number of carbonyl (C=O) groups excluding carboxylic acids is 2. The smallest absolute Gasteiger partial charge is 0.244 e. The molecule has 0 aromatic carbocycles. The van der Waals surface area contributed by atoms with Gasteiger partial charge in [0, 0.05) is 0 Å². The number of carbonyl (C=O) groups is 2. The summed E-state index contributed by atoms with van der Waals surface area (Å²) in [7, 11) is 0. The minimum Gasteiger partial charge on any atom is -0.394 e. The monoisotopic (exact) mass is 583 g/mol. The lowest BCUT2D eigenvalue weighted by molar-refractivity contribution is -0.128. The Balaban J connectivity index is 3.45. The maximum Gasteiger partial charge on any atom is 0.244 e. The van der Waals surface area contributed by atoms with Crippen LogP contribution in [0.1, 0.15) is 161 Å². The number of nitrogens with one attached hydrogen (secondary N) is 1. The number of aliphatic hydroxyl groups excluding tert-OH is 4. The maximum absolute atomic E-state index is 11.9. The van der Waals surface area contributed by atoms with Crippen LogP contribution in [0.15, 0.2) is 12.2 Å². The van der Waals surface area contributed by atoms with Crippen LogP contribution in [0.4, 0.5) is 0 Å². The summed E-state index contributed by atoms with van der Waals surface area (Å²) < 4.78 is 0. The van der Waals surface area contributed by atoms with Gasteiger partial charge in [-0.2, -0.15) is 0 Å². The van der Waals surface area contributed by atoms with E-state index in [2.05, 4.69) is 12.2 Å². The molecule has 0 saturated carbocycles. The Labute approximate surface area is 251 Å². The Morgan fingerprint density at radius 2 is 0.976 bits per heavy atom. The molecule has 0 rings (SSSR count). The zero-order chi connectivity index (χ0) is 30.4. The predicted molar refractivity (Wildman–Crippen MR) is 169 cm³/mol. The van der Waals surface area contributed by atoms with Crippen LogP contribution in [0.25, 0.3) is 0 Å². The van der Waals surface area contributed by atoms with E-state index in [9.17, 15) is 24.9 Å². The summed E-state index contributed by atoms with van der Waals surface area (Å²) in [5.74, 6) is -0.555. The van der Waals surface area contributed by atoms with E-state index in [1.54, 1.807) is 6.08 Å². The van der Waals surface area contributed by atoms with Crippen LogP contribution in [-0.2, 0) is 9.59 Å². The van der Waals surface area contributed by atoms with Crippen molar-refractivity contribution in [2.24, 2.45) is 0 Å². The number of unbranched alkanes of at least 4 members (excludes halogenated alkanes) is 23. The molecule has 4 atom stereocenters. The van der Waals surface area contributed by atoms with Crippen molar-refractivity contribution >= 4 is 12.2 Å². The van der Waals surface area contributed by atoms with Gasteiger partial charge in [0.1, 0.15) is 30.6 Å². The van der Waals surface area contributed by atoms with Crippen LogP contribution in [0, 0.1) is 0 Å². The first-order valence-electron chi connectivity index (χ1n) is 17.0. The SMILES string of the molecule is CCCCCCCCCCCCCCCCCCCCCCCCCC=CC(=O)N[C@@H](C=O)[C@@H](O)[C@H](O)[C@H](O)CO. The summed E-state index contributed by atoms with van der Waals surface area (Å²) in [4.78, 5) is 23.1. The summed E-state index contributed by atoms with van der Waals surface area (Å²) in [5.41, 5.74) is 0. The van der Waals surface area contributed by atoms with Crippen LogP contribution in [0.5, 0.6) is 0 Å². The van der Waals surface area contributed by atoms with Gasteiger partial charge in [-0.1, -0.05) is 154 Å². The fraction of sp³-hybridized carbons (Fsp3) is 0.882. The molecular weight excluding hydrogens is 518 g/mol. The van der Waals surface area contributed by atoms with Crippen molar-refractivity contribution < 1.29 is 30.0 Å².